The Morgan fingerprint density at radius 3 is 2.59 bits per heavy atom. The van der Waals surface area contributed by atoms with E-state index >= 15 is 0 Å². The van der Waals surface area contributed by atoms with Crippen LogP contribution in [-0.4, -0.2) is 22.8 Å². The number of hydrogen-bond donors (Lipinski definition) is 2. The van der Waals surface area contributed by atoms with Crippen LogP contribution in [0.4, 0.5) is 0 Å². The summed E-state index contributed by atoms with van der Waals surface area (Å²) in [4.78, 5) is 0. The maximum absolute atomic E-state index is 8.92. The van der Waals surface area contributed by atoms with E-state index in [9.17, 15) is 0 Å². The van der Waals surface area contributed by atoms with E-state index in [1.54, 1.807) is 0 Å². The highest BCUT2D eigenvalue weighted by molar-refractivity contribution is 5.84. The second-order valence-electron chi connectivity index (χ2n) is 5.63. The van der Waals surface area contributed by atoms with E-state index in [4.69, 9.17) is 5.11 Å². The average Bonchev–Trinajstić information content (AvgIpc) is 2.88. The lowest BCUT2D eigenvalue weighted by atomic mass is 10.1. The van der Waals surface area contributed by atoms with Gasteiger partial charge in [0.25, 0.3) is 0 Å². The van der Waals surface area contributed by atoms with E-state index in [2.05, 4.69) is 71.5 Å². The molecule has 0 aliphatic heterocycles. The van der Waals surface area contributed by atoms with Gasteiger partial charge in [0.15, 0.2) is 0 Å². The Bertz CT molecular complexity index is 761. The molecule has 22 heavy (non-hydrogen) atoms. The third-order valence-corrected chi connectivity index (χ3v) is 4.08. The molecule has 0 amide bonds. The van der Waals surface area contributed by atoms with Crippen LogP contribution >= 0.6 is 0 Å². The first kappa shape index (κ1) is 14.8. The fourth-order valence-corrected chi connectivity index (χ4v) is 2.87. The molecule has 114 valence electrons. The molecule has 3 nitrogen and oxygen atoms in total. The number of aryl methyl sites for hydroxylation is 1. The molecule has 0 aliphatic rings. The number of para-hydroxylation sites is 1. The van der Waals surface area contributed by atoms with Crippen LogP contribution in [0.5, 0.6) is 0 Å². The Kier molecular flexibility index (Phi) is 4.56. The Balaban J connectivity index is 1.94. The molecule has 0 radical (unpaired) electrons. The topological polar surface area (TPSA) is 37.2 Å². The molecule has 3 heteroatoms. The van der Waals surface area contributed by atoms with Crippen molar-refractivity contribution in [1.82, 2.24) is 9.88 Å². The van der Waals surface area contributed by atoms with Gasteiger partial charge in [-0.05, 0) is 29.7 Å². The molecular formula is C19H22N2O. The zero-order valence-corrected chi connectivity index (χ0v) is 12.9. The first-order chi connectivity index (χ1) is 10.8. The minimum Gasteiger partial charge on any atom is -0.395 e. The van der Waals surface area contributed by atoms with Gasteiger partial charge in [-0.3, -0.25) is 0 Å². The molecule has 0 saturated carbocycles. The number of nitrogens with one attached hydrogen (secondary N) is 1. The van der Waals surface area contributed by atoms with Crippen molar-refractivity contribution in [2.24, 2.45) is 0 Å². The van der Waals surface area contributed by atoms with Crippen molar-refractivity contribution in [2.45, 2.75) is 20.0 Å². The van der Waals surface area contributed by atoms with Crippen molar-refractivity contribution in [3.8, 4) is 0 Å². The van der Waals surface area contributed by atoms with Gasteiger partial charge in [0.05, 0.1) is 6.61 Å². The number of hydrogen-bond acceptors (Lipinski definition) is 2. The van der Waals surface area contributed by atoms with Gasteiger partial charge in [-0.25, -0.2) is 0 Å². The van der Waals surface area contributed by atoms with Gasteiger partial charge in [0, 0.05) is 36.7 Å². The van der Waals surface area contributed by atoms with E-state index in [0.717, 1.165) is 13.1 Å². The highest BCUT2D eigenvalue weighted by atomic mass is 16.3. The molecule has 3 rings (SSSR count). The lowest BCUT2D eigenvalue weighted by Crippen LogP contribution is -2.17. The quantitative estimate of drug-likeness (QED) is 0.686. The Morgan fingerprint density at radius 1 is 1.00 bits per heavy atom. The van der Waals surface area contributed by atoms with Crippen LogP contribution in [0, 0.1) is 6.92 Å². The highest BCUT2D eigenvalue weighted by Gasteiger charge is 2.08. The summed E-state index contributed by atoms with van der Waals surface area (Å²) in [6.07, 6.45) is 2.22. The summed E-state index contributed by atoms with van der Waals surface area (Å²) in [6.45, 7) is 4.61. The van der Waals surface area contributed by atoms with Gasteiger partial charge in [-0.1, -0.05) is 42.5 Å². The smallest absolute Gasteiger partial charge is 0.0556 e. The molecule has 2 N–H and O–H groups in total. The van der Waals surface area contributed by atoms with Crippen LogP contribution in [0.25, 0.3) is 10.9 Å². The molecule has 3 aromatic rings. The zero-order valence-electron chi connectivity index (χ0n) is 12.9. The van der Waals surface area contributed by atoms with Gasteiger partial charge < -0.3 is 15.0 Å². The number of benzene rings is 2. The molecule has 0 bridgehead atoms. The molecule has 0 unspecified atom stereocenters. The number of nitrogens with zero attached hydrogens (tertiary/aromatic N) is 1. The third kappa shape index (κ3) is 3.06. The summed E-state index contributed by atoms with van der Waals surface area (Å²) < 4.78 is 2.31. The minimum atomic E-state index is 0.169. The fourth-order valence-electron chi connectivity index (χ4n) is 2.87. The predicted octanol–water partition coefficient (Wildman–Crippen LogP) is 3.08. The molecule has 0 atom stereocenters. The number of rotatable bonds is 6. The van der Waals surface area contributed by atoms with Crippen LogP contribution in [-0.2, 0) is 13.1 Å². The maximum atomic E-state index is 8.92. The monoisotopic (exact) mass is 294 g/mol. The molecule has 0 saturated heterocycles. The van der Waals surface area contributed by atoms with Gasteiger partial charge in [-0.2, -0.15) is 0 Å². The first-order valence-electron chi connectivity index (χ1n) is 7.72. The first-order valence-corrected chi connectivity index (χ1v) is 7.72. The summed E-state index contributed by atoms with van der Waals surface area (Å²) >= 11 is 0. The van der Waals surface area contributed by atoms with Crippen LogP contribution in [0.1, 0.15) is 16.7 Å². The van der Waals surface area contributed by atoms with Crippen LogP contribution in [0.3, 0.4) is 0 Å². The van der Waals surface area contributed by atoms with Crippen molar-refractivity contribution in [3.05, 3.63) is 71.4 Å². The largest absolute Gasteiger partial charge is 0.395 e. The van der Waals surface area contributed by atoms with E-state index in [1.165, 1.54) is 27.6 Å². The SMILES string of the molecule is Cc1ccccc1Cn1cc(CNCCO)c2ccccc21. The number of fused-ring (bicyclic) bond motifs is 1. The molecule has 0 spiro atoms. The van der Waals surface area contributed by atoms with Crippen molar-refractivity contribution < 1.29 is 5.11 Å². The van der Waals surface area contributed by atoms with Crippen molar-refractivity contribution in [1.29, 1.82) is 0 Å². The van der Waals surface area contributed by atoms with Gasteiger partial charge in [-0.15, -0.1) is 0 Å². The summed E-state index contributed by atoms with van der Waals surface area (Å²) in [5, 5.41) is 13.5. The van der Waals surface area contributed by atoms with Crippen molar-refractivity contribution in [3.63, 3.8) is 0 Å². The van der Waals surface area contributed by atoms with E-state index < -0.39 is 0 Å². The van der Waals surface area contributed by atoms with E-state index in [1.807, 2.05) is 0 Å². The summed E-state index contributed by atoms with van der Waals surface area (Å²) in [5.41, 5.74) is 5.20. The molecule has 1 aromatic heterocycles. The Hall–Kier alpha value is -2.10. The number of aliphatic hydroxyl groups excluding tert-OH is 1. The second-order valence-corrected chi connectivity index (χ2v) is 5.63. The molecule has 0 aliphatic carbocycles. The van der Waals surface area contributed by atoms with E-state index in [0.29, 0.717) is 6.54 Å². The summed E-state index contributed by atoms with van der Waals surface area (Å²) in [7, 11) is 0. The zero-order chi connectivity index (χ0) is 15.4. The Morgan fingerprint density at radius 2 is 1.77 bits per heavy atom. The predicted molar refractivity (Wildman–Crippen MR) is 91.0 cm³/mol. The number of aliphatic hydroxyl groups is 1. The lowest BCUT2D eigenvalue weighted by Gasteiger charge is -2.08. The maximum Gasteiger partial charge on any atom is 0.0556 e. The highest BCUT2D eigenvalue weighted by Crippen LogP contribution is 2.23. The lowest BCUT2D eigenvalue weighted by molar-refractivity contribution is 0.292. The Labute approximate surface area is 131 Å². The molecular weight excluding hydrogens is 272 g/mol. The minimum absolute atomic E-state index is 0.169. The summed E-state index contributed by atoms with van der Waals surface area (Å²) in [5.74, 6) is 0. The van der Waals surface area contributed by atoms with Crippen LogP contribution in [0.2, 0.25) is 0 Å². The molecule has 2 aromatic carbocycles. The van der Waals surface area contributed by atoms with Gasteiger partial charge in [0.2, 0.25) is 0 Å². The number of aromatic nitrogens is 1. The fraction of sp³-hybridized carbons (Fsp3) is 0.263. The average molecular weight is 294 g/mol. The summed E-state index contributed by atoms with van der Waals surface area (Å²) in [6, 6.07) is 17.0. The second kappa shape index (κ2) is 6.77. The van der Waals surface area contributed by atoms with Crippen molar-refractivity contribution >= 4 is 10.9 Å². The molecule has 1 heterocycles. The normalized spacial score (nSPS) is 11.2. The third-order valence-electron chi connectivity index (χ3n) is 4.08. The molecule has 0 fully saturated rings. The van der Waals surface area contributed by atoms with Gasteiger partial charge >= 0.3 is 0 Å². The van der Waals surface area contributed by atoms with Gasteiger partial charge in [0.1, 0.15) is 0 Å². The van der Waals surface area contributed by atoms with Crippen LogP contribution < -0.4 is 5.32 Å². The standard InChI is InChI=1S/C19H22N2O/c1-15-6-2-3-7-16(15)13-21-14-17(12-20-10-11-22)18-8-4-5-9-19(18)21/h2-9,14,20,22H,10-13H2,1H3. The van der Waals surface area contributed by atoms with E-state index in [-0.39, 0.29) is 6.61 Å². The van der Waals surface area contributed by atoms with Crippen molar-refractivity contribution in [2.75, 3.05) is 13.2 Å². The van der Waals surface area contributed by atoms with Crippen LogP contribution in [0.15, 0.2) is 54.7 Å².